The molecule has 0 unspecified atom stereocenters. The van der Waals surface area contributed by atoms with E-state index in [1.165, 1.54) is 29.3 Å². The molecule has 15 heavy (non-hydrogen) atoms. The van der Waals surface area contributed by atoms with Gasteiger partial charge in [-0.2, -0.15) is 0 Å². The molecule has 0 radical (unpaired) electrons. The fourth-order valence-corrected chi connectivity index (χ4v) is 2.62. The topological polar surface area (TPSA) is 38.0 Å². The Bertz CT molecular complexity index is 353. The Morgan fingerprint density at radius 1 is 1.47 bits per heavy atom. The summed E-state index contributed by atoms with van der Waals surface area (Å²) in [4.78, 5) is 0. The molecule has 0 bridgehead atoms. The number of hydrogen-bond donors (Lipinski definition) is 2. The summed E-state index contributed by atoms with van der Waals surface area (Å²) in [6.45, 7) is 2.25. The first-order chi connectivity index (χ1) is 7.15. The minimum absolute atomic E-state index is 0.320. The monoisotopic (exact) mass is 316 g/mol. The summed E-state index contributed by atoms with van der Waals surface area (Å²) in [5.74, 6) is 0. The zero-order chi connectivity index (χ0) is 10.9. The standard InChI is InChI=1S/C12H17IN2/c1-2-12(6-3-7-12)15-11-5-4-9(13)8-10(11)14/h4-5,8,15H,2-3,6-7,14H2,1H3. The number of halogens is 1. The molecule has 1 saturated carbocycles. The van der Waals surface area contributed by atoms with Gasteiger partial charge in [0.05, 0.1) is 11.4 Å². The summed E-state index contributed by atoms with van der Waals surface area (Å²) in [5, 5.41) is 3.61. The van der Waals surface area contributed by atoms with Crippen molar-refractivity contribution >= 4 is 34.0 Å². The average molecular weight is 316 g/mol. The van der Waals surface area contributed by atoms with E-state index in [0.717, 1.165) is 11.4 Å². The van der Waals surface area contributed by atoms with Gasteiger partial charge >= 0.3 is 0 Å². The van der Waals surface area contributed by atoms with Crippen LogP contribution < -0.4 is 11.1 Å². The Morgan fingerprint density at radius 2 is 2.20 bits per heavy atom. The zero-order valence-electron chi connectivity index (χ0n) is 9.02. The lowest BCUT2D eigenvalue weighted by Crippen LogP contribution is -2.44. The van der Waals surface area contributed by atoms with Gasteiger partial charge in [0.25, 0.3) is 0 Å². The molecule has 0 spiro atoms. The van der Waals surface area contributed by atoms with E-state index in [1.807, 2.05) is 6.07 Å². The lowest BCUT2D eigenvalue weighted by Gasteiger charge is -2.43. The van der Waals surface area contributed by atoms with E-state index < -0.39 is 0 Å². The van der Waals surface area contributed by atoms with E-state index in [0.29, 0.717) is 5.54 Å². The van der Waals surface area contributed by atoms with Gasteiger partial charge in [0, 0.05) is 9.11 Å². The maximum atomic E-state index is 5.99. The Morgan fingerprint density at radius 3 is 2.67 bits per heavy atom. The van der Waals surface area contributed by atoms with Crippen molar-refractivity contribution < 1.29 is 0 Å². The molecule has 1 aliphatic carbocycles. The van der Waals surface area contributed by atoms with Crippen LogP contribution in [0.5, 0.6) is 0 Å². The summed E-state index contributed by atoms with van der Waals surface area (Å²) in [5.41, 5.74) is 8.27. The largest absolute Gasteiger partial charge is 0.397 e. The van der Waals surface area contributed by atoms with Crippen LogP contribution in [0.2, 0.25) is 0 Å². The lowest BCUT2D eigenvalue weighted by atomic mass is 9.74. The number of rotatable bonds is 3. The zero-order valence-corrected chi connectivity index (χ0v) is 11.2. The Hall–Kier alpha value is -0.450. The fraction of sp³-hybridized carbons (Fsp3) is 0.500. The van der Waals surface area contributed by atoms with Crippen molar-refractivity contribution in [3.8, 4) is 0 Å². The molecule has 2 nitrogen and oxygen atoms in total. The molecule has 0 heterocycles. The second kappa shape index (κ2) is 4.20. The minimum Gasteiger partial charge on any atom is -0.397 e. The van der Waals surface area contributed by atoms with Crippen LogP contribution in [0.1, 0.15) is 32.6 Å². The predicted octanol–water partition coefficient (Wildman–Crippen LogP) is 3.62. The van der Waals surface area contributed by atoms with E-state index >= 15 is 0 Å². The average Bonchev–Trinajstić information content (AvgIpc) is 2.14. The molecular weight excluding hydrogens is 299 g/mol. The number of nitrogen functional groups attached to an aromatic ring is 1. The number of benzene rings is 1. The van der Waals surface area contributed by atoms with E-state index in [-0.39, 0.29) is 0 Å². The van der Waals surface area contributed by atoms with Crippen molar-refractivity contribution in [1.82, 2.24) is 0 Å². The van der Waals surface area contributed by atoms with E-state index in [4.69, 9.17) is 5.73 Å². The molecule has 0 saturated heterocycles. The van der Waals surface area contributed by atoms with E-state index in [1.54, 1.807) is 0 Å². The Labute approximate surface area is 105 Å². The van der Waals surface area contributed by atoms with Crippen LogP contribution in [0.4, 0.5) is 11.4 Å². The third-order valence-corrected chi connectivity index (χ3v) is 4.07. The van der Waals surface area contributed by atoms with Crippen LogP contribution in [0.3, 0.4) is 0 Å². The van der Waals surface area contributed by atoms with Crippen molar-refractivity contribution in [3.63, 3.8) is 0 Å². The number of anilines is 2. The van der Waals surface area contributed by atoms with Gasteiger partial charge in [-0.1, -0.05) is 6.92 Å². The minimum atomic E-state index is 0.320. The summed E-state index contributed by atoms with van der Waals surface area (Å²) >= 11 is 2.28. The molecule has 1 aromatic carbocycles. The fourth-order valence-electron chi connectivity index (χ4n) is 2.10. The highest BCUT2D eigenvalue weighted by atomic mass is 127. The molecule has 1 fully saturated rings. The highest BCUT2D eigenvalue weighted by Gasteiger charge is 2.35. The smallest absolute Gasteiger partial charge is 0.0578 e. The third kappa shape index (κ3) is 2.22. The van der Waals surface area contributed by atoms with Gasteiger partial charge in [0.2, 0.25) is 0 Å². The number of nitrogens with one attached hydrogen (secondary N) is 1. The summed E-state index contributed by atoms with van der Waals surface area (Å²) in [7, 11) is 0. The number of hydrogen-bond acceptors (Lipinski definition) is 2. The van der Waals surface area contributed by atoms with Gasteiger partial charge in [-0.25, -0.2) is 0 Å². The van der Waals surface area contributed by atoms with Crippen molar-refractivity contribution in [2.24, 2.45) is 0 Å². The predicted molar refractivity (Wildman–Crippen MR) is 74.1 cm³/mol. The second-order valence-electron chi connectivity index (χ2n) is 4.34. The normalized spacial score (nSPS) is 18.3. The van der Waals surface area contributed by atoms with Gasteiger partial charge in [-0.15, -0.1) is 0 Å². The third-order valence-electron chi connectivity index (χ3n) is 3.40. The van der Waals surface area contributed by atoms with Crippen LogP contribution >= 0.6 is 22.6 Å². The quantitative estimate of drug-likeness (QED) is 0.660. The van der Waals surface area contributed by atoms with Crippen molar-refractivity contribution in [3.05, 3.63) is 21.8 Å². The highest BCUT2D eigenvalue weighted by molar-refractivity contribution is 14.1. The van der Waals surface area contributed by atoms with Crippen molar-refractivity contribution in [2.75, 3.05) is 11.1 Å². The van der Waals surface area contributed by atoms with Crippen molar-refractivity contribution in [2.45, 2.75) is 38.1 Å². The Balaban J connectivity index is 2.16. The first kappa shape index (κ1) is 11.0. The van der Waals surface area contributed by atoms with E-state index in [9.17, 15) is 0 Å². The van der Waals surface area contributed by atoms with Crippen LogP contribution in [-0.2, 0) is 0 Å². The van der Waals surface area contributed by atoms with E-state index in [2.05, 4.69) is 47.0 Å². The molecular formula is C12H17IN2. The van der Waals surface area contributed by atoms with Crippen LogP contribution in [-0.4, -0.2) is 5.54 Å². The first-order valence-corrected chi connectivity index (χ1v) is 6.56. The van der Waals surface area contributed by atoms with Crippen molar-refractivity contribution in [1.29, 1.82) is 0 Å². The summed E-state index contributed by atoms with van der Waals surface area (Å²) in [6, 6.07) is 6.21. The molecule has 0 aromatic heterocycles. The molecule has 1 aromatic rings. The first-order valence-electron chi connectivity index (χ1n) is 5.48. The summed E-state index contributed by atoms with van der Waals surface area (Å²) < 4.78 is 1.19. The molecule has 3 N–H and O–H groups in total. The molecule has 0 amide bonds. The lowest BCUT2D eigenvalue weighted by molar-refractivity contribution is 0.270. The number of nitrogens with two attached hydrogens (primary N) is 1. The Kier molecular flexibility index (Phi) is 3.09. The van der Waals surface area contributed by atoms with Crippen LogP contribution in [0.25, 0.3) is 0 Å². The molecule has 3 heteroatoms. The maximum Gasteiger partial charge on any atom is 0.0578 e. The second-order valence-corrected chi connectivity index (χ2v) is 5.59. The van der Waals surface area contributed by atoms with Gasteiger partial charge in [-0.3, -0.25) is 0 Å². The molecule has 82 valence electrons. The van der Waals surface area contributed by atoms with Crippen LogP contribution in [0.15, 0.2) is 18.2 Å². The summed E-state index contributed by atoms with van der Waals surface area (Å²) in [6.07, 6.45) is 5.06. The highest BCUT2D eigenvalue weighted by Crippen LogP contribution is 2.39. The molecule has 2 rings (SSSR count). The SMILES string of the molecule is CCC1(Nc2ccc(I)cc2N)CCC1. The van der Waals surface area contributed by atoms with Gasteiger partial charge in [0.1, 0.15) is 0 Å². The molecule has 1 aliphatic rings. The maximum absolute atomic E-state index is 5.99. The van der Waals surface area contributed by atoms with Gasteiger partial charge < -0.3 is 11.1 Å². The van der Waals surface area contributed by atoms with Crippen LogP contribution in [0, 0.1) is 3.57 Å². The van der Waals surface area contributed by atoms with Gasteiger partial charge in [-0.05, 0) is 66.5 Å². The molecule has 0 atom stereocenters. The molecule has 0 aliphatic heterocycles. The van der Waals surface area contributed by atoms with Gasteiger partial charge in [0.15, 0.2) is 0 Å².